The Balaban J connectivity index is 6.69. The first kappa shape index (κ1) is 33.7. The van der Waals surface area contributed by atoms with Crippen molar-refractivity contribution in [3.05, 3.63) is 0 Å². The van der Waals surface area contributed by atoms with Crippen molar-refractivity contribution in [1.82, 2.24) is 4.72 Å². The highest BCUT2D eigenvalue weighted by molar-refractivity contribution is 7.90. The van der Waals surface area contributed by atoms with Crippen LogP contribution >= 0.6 is 0 Å². The summed E-state index contributed by atoms with van der Waals surface area (Å²) in [7, 11) is -3.54. The van der Waals surface area contributed by atoms with E-state index in [1.807, 2.05) is 0 Å². The Morgan fingerprint density at radius 1 is 0.543 bits per heavy atom. The zero-order valence-electron chi connectivity index (χ0n) is 17.0. The highest BCUT2D eigenvalue weighted by atomic mass is 32.2. The van der Waals surface area contributed by atoms with Gasteiger partial charge in [0.05, 0.1) is 34.2 Å². The van der Waals surface area contributed by atoms with Crippen LogP contribution in [-0.4, -0.2) is 94.1 Å². The number of nitrogens with zero attached hydrogens (tertiary/aromatic N) is 1. The Kier molecular flexibility index (Phi) is 8.30. The van der Waals surface area contributed by atoms with E-state index in [1.165, 1.54) is 21.1 Å². The largest absolute Gasteiger partial charge is 0.460 e. The fourth-order valence-corrected chi connectivity index (χ4v) is 2.93. The van der Waals surface area contributed by atoms with E-state index < -0.39 is 70.1 Å². The summed E-state index contributed by atoms with van der Waals surface area (Å²) in [5.41, 5.74) is 0. The fourth-order valence-electron chi connectivity index (χ4n) is 1.92. The number of nitrogens with one attached hydrogen (secondary N) is 1. The molecular weight excluding hydrogens is 571 g/mol. The van der Waals surface area contributed by atoms with Crippen molar-refractivity contribution in [1.29, 1.82) is 0 Å². The van der Waals surface area contributed by atoms with Gasteiger partial charge in [-0.1, -0.05) is 0 Å². The Bertz CT molecular complexity index is 873. The molecule has 0 aliphatic heterocycles. The van der Waals surface area contributed by atoms with Crippen LogP contribution in [0.3, 0.4) is 0 Å². The van der Waals surface area contributed by atoms with Crippen molar-refractivity contribution in [2.24, 2.45) is 0 Å². The summed E-state index contributed by atoms with van der Waals surface area (Å²) in [6.45, 7) is -1.88. The third kappa shape index (κ3) is 4.97. The summed E-state index contributed by atoms with van der Waals surface area (Å²) in [5, 5.41) is -7.53. The van der Waals surface area contributed by atoms with E-state index in [0.29, 0.717) is 4.72 Å². The first-order chi connectivity index (χ1) is 14.7. The Morgan fingerprint density at radius 3 is 1.11 bits per heavy atom. The normalized spacial score (nSPS) is 16.6. The van der Waals surface area contributed by atoms with Crippen LogP contribution in [0.1, 0.15) is 0 Å². The highest BCUT2D eigenvalue weighted by Crippen LogP contribution is 2.64. The van der Waals surface area contributed by atoms with Gasteiger partial charge in [-0.2, -0.15) is 74.6 Å². The number of likely N-dealkylation sites (N-methyl/N-ethyl adjacent to an activating group) is 1. The van der Waals surface area contributed by atoms with E-state index in [0.717, 1.165) is 0 Å². The van der Waals surface area contributed by atoms with E-state index in [2.05, 4.69) is 0 Å². The lowest BCUT2D eigenvalue weighted by Gasteiger charge is -2.42. The summed E-state index contributed by atoms with van der Waals surface area (Å²) < 4.78 is 246. The smallest absolute Gasteiger partial charge is 0.330 e. The average Bonchev–Trinajstić information content (AvgIpc) is 2.58. The molecule has 0 atom stereocenters. The van der Waals surface area contributed by atoms with Crippen molar-refractivity contribution in [2.45, 2.75) is 47.0 Å². The maximum absolute atomic E-state index is 13.8. The predicted molar refractivity (Wildman–Crippen MR) is 80.5 cm³/mol. The van der Waals surface area contributed by atoms with Gasteiger partial charge in [0.15, 0.2) is 0 Å². The van der Waals surface area contributed by atoms with E-state index in [-0.39, 0.29) is 4.48 Å². The zero-order chi connectivity index (χ0) is 29.1. The molecule has 22 heteroatoms. The molecule has 0 radical (unpaired) electrons. The molecule has 0 aromatic carbocycles. The maximum Gasteiger partial charge on any atom is 0.460 e. The maximum atomic E-state index is 13.8. The summed E-state index contributed by atoms with van der Waals surface area (Å²) in [6, 6.07) is 0. The Hall–Kier alpha value is -1.32. The first-order valence-corrected chi connectivity index (χ1v) is 9.70. The van der Waals surface area contributed by atoms with Crippen LogP contribution in [0, 0.1) is 0 Å². The molecule has 0 fully saturated rings. The number of halogens is 17. The molecule has 0 heterocycles. The first-order valence-electron chi connectivity index (χ1n) is 8.22. The molecule has 212 valence electrons. The second kappa shape index (κ2) is 8.62. The summed E-state index contributed by atoms with van der Waals surface area (Å²) in [4.78, 5) is 0. The summed E-state index contributed by atoms with van der Waals surface area (Å²) in [5.74, 6) is -51.5. The minimum Gasteiger partial charge on any atom is -0.330 e. The molecule has 0 saturated heterocycles. The van der Waals surface area contributed by atoms with Gasteiger partial charge in [-0.05, 0) is 0 Å². The number of sulfonamides is 1. The Morgan fingerprint density at radius 2 is 0.829 bits per heavy atom. The van der Waals surface area contributed by atoms with Crippen LogP contribution in [0.25, 0.3) is 0 Å². The van der Waals surface area contributed by atoms with Crippen molar-refractivity contribution in [3.63, 3.8) is 0 Å². The van der Waals surface area contributed by atoms with E-state index >= 15 is 0 Å². The quantitative estimate of drug-likeness (QED) is 0.285. The molecular formula is C13H14F17N2O2S+. The van der Waals surface area contributed by atoms with Gasteiger partial charge >= 0.3 is 47.0 Å². The highest BCUT2D eigenvalue weighted by Gasteiger charge is 2.96. The fraction of sp³-hybridized carbons (Fsp3) is 1.00. The molecule has 4 nitrogen and oxygen atoms in total. The lowest BCUT2D eigenvalue weighted by atomic mass is 9.91. The molecule has 0 bridgehead atoms. The van der Waals surface area contributed by atoms with Gasteiger partial charge in [0.2, 0.25) is 0 Å². The molecule has 0 unspecified atom stereocenters. The van der Waals surface area contributed by atoms with E-state index in [4.69, 9.17) is 0 Å². The number of rotatable bonds is 11. The van der Waals surface area contributed by atoms with Crippen LogP contribution in [0.4, 0.5) is 74.6 Å². The monoisotopic (exact) mass is 585 g/mol. The van der Waals surface area contributed by atoms with Crippen LogP contribution in [0.2, 0.25) is 0 Å². The minimum atomic E-state index is -8.83. The van der Waals surface area contributed by atoms with Gasteiger partial charge in [0.1, 0.15) is 0 Å². The van der Waals surface area contributed by atoms with Crippen LogP contribution in [0.5, 0.6) is 0 Å². The average molecular weight is 585 g/mol. The summed E-state index contributed by atoms with van der Waals surface area (Å²) >= 11 is 0. The van der Waals surface area contributed by atoms with Crippen molar-refractivity contribution >= 4 is 10.0 Å². The van der Waals surface area contributed by atoms with Gasteiger partial charge in [-0.15, -0.1) is 0 Å². The lowest BCUT2D eigenvalue weighted by molar-refractivity contribution is -0.869. The number of quaternary nitrogens is 1. The molecule has 1 N–H and O–H groups in total. The number of hydrogen-bond donors (Lipinski definition) is 1. The molecule has 0 aromatic rings. The molecule has 0 amide bonds. The van der Waals surface area contributed by atoms with Gasteiger partial charge in [-0.3, -0.25) is 0 Å². The molecule has 0 saturated carbocycles. The molecule has 0 spiro atoms. The molecule has 0 aromatic heterocycles. The zero-order valence-corrected chi connectivity index (χ0v) is 17.8. The van der Waals surface area contributed by atoms with Gasteiger partial charge in [0.25, 0.3) is 10.0 Å². The molecule has 0 aliphatic rings. The van der Waals surface area contributed by atoms with Crippen LogP contribution in [-0.2, 0) is 10.0 Å². The predicted octanol–water partition coefficient (Wildman–Crippen LogP) is 4.58. The molecule has 35 heavy (non-hydrogen) atoms. The Labute approximate surface area is 184 Å². The second-order valence-electron chi connectivity index (χ2n) is 7.87. The SMILES string of the molecule is C[N+](C)(C)CCNS(=O)(=O)C(F)(F)C(F)(F)C(F)(F)C(F)(F)C(F)(F)C(F)(F)C(F)(F)C(F)(F)F. The van der Waals surface area contributed by atoms with Crippen LogP contribution < -0.4 is 4.72 Å². The molecule has 0 aliphatic carbocycles. The van der Waals surface area contributed by atoms with Crippen molar-refractivity contribution in [2.75, 3.05) is 34.2 Å². The second-order valence-corrected chi connectivity index (χ2v) is 9.68. The van der Waals surface area contributed by atoms with Crippen LogP contribution in [0.15, 0.2) is 0 Å². The van der Waals surface area contributed by atoms with Crippen molar-refractivity contribution < 1.29 is 87.5 Å². The van der Waals surface area contributed by atoms with Gasteiger partial charge in [-0.25, -0.2) is 13.1 Å². The third-order valence-corrected chi connectivity index (χ3v) is 5.62. The minimum absolute atomic E-state index is 0.326. The lowest BCUT2D eigenvalue weighted by Crippen LogP contribution is -2.75. The number of alkyl halides is 17. The van der Waals surface area contributed by atoms with E-state index in [9.17, 15) is 83.1 Å². The van der Waals surface area contributed by atoms with Gasteiger partial charge < -0.3 is 4.48 Å². The van der Waals surface area contributed by atoms with E-state index in [1.54, 1.807) is 0 Å². The van der Waals surface area contributed by atoms with Gasteiger partial charge in [0, 0.05) is 0 Å². The van der Waals surface area contributed by atoms with Crippen molar-refractivity contribution in [3.8, 4) is 0 Å². The summed E-state index contributed by atoms with van der Waals surface area (Å²) in [6.07, 6.45) is -7.86. The number of hydrogen-bond acceptors (Lipinski definition) is 2. The third-order valence-electron chi connectivity index (χ3n) is 4.11. The standard InChI is InChI=1S/C13H14F17N2O2S/c1-32(2,3)5-4-31-35(33,34)13(29,30)11(24,25)9(20,21)7(16,17)6(14,15)8(18,19)10(22,23)12(26,27)28/h31H,4-5H2,1-3H3/q+1. The topological polar surface area (TPSA) is 46.2 Å². The molecule has 0 rings (SSSR count).